The van der Waals surface area contributed by atoms with Gasteiger partial charge in [-0.3, -0.25) is 0 Å². The van der Waals surface area contributed by atoms with Crippen molar-refractivity contribution < 1.29 is 14.6 Å². The van der Waals surface area contributed by atoms with Gasteiger partial charge in [0.15, 0.2) is 11.5 Å². The van der Waals surface area contributed by atoms with Crippen molar-refractivity contribution in [3.8, 4) is 22.6 Å². The number of aromatic hydroxyl groups is 2. The van der Waals surface area contributed by atoms with Crippen LogP contribution in [0.5, 0.6) is 11.5 Å². The third-order valence-corrected chi connectivity index (χ3v) is 3.15. The molecule has 0 saturated carbocycles. The summed E-state index contributed by atoms with van der Waals surface area (Å²) in [7, 11) is 0. The van der Waals surface area contributed by atoms with E-state index in [-0.39, 0.29) is 17.3 Å². The highest BCUT2D eigenvalue weighted by atomic mass is 19.1. The lowest BCUT2D eigenvalue weighted by atomic mass is 10.0. The first kappa shape index (κ1) is 11.5. The highest BCUT2D eigenvalue weighted by molar-refractivity contribution is 5.93. The van der Waals surface area contributed by atoms with Crippen LogP contribution in [0.2, 0.25) is 0 Å². The van der Waals surface area contributed by atoms with Gasteiger partial charge < -0.3 is 10.2 Å². The average Bonchev–Trinajstić information content (AvgIpc) is 2.43. The van der Waals surface area contributed by atoms with E-state index in [1.807, 2.05) is 12.1 Å². The maximum Gasteiger partial charge on any atom is 0.165 e. The summed E-state index contributed by atoms with van der Waals surface area (Å²) < 4.78 is 12.9. The Morgan fingerprint density at radius 2 is 1.42 bits per heavy atom. The number of halogens is 1. The third kappa shape index (κ3) is 1.99. The molecule has 0 aliphatic heterocycles. The van der Waals surface area contributed by atoms with Crippen LogP contribution in [-0.4, -0.2) is 10.2 Å². The Bertz CT molecular complexity index is 749. The quantitative estimate of drug-likeness (QED) is 0.643. The molecule has 3 aromatic carbocycles. The molecule has 0 fully saturated rings. The van der Waals surface area contributed by atoms with E-state index in [1.165, 1.54) is 18.2 Å². The molecule has 3 aromatic rings. The number of rotatable bonds is 1. The first-order valence-electron chi connectivity index (χ1n) is 5.86. The van der Waals surface area contributed by atoms with Crippen LogP contribution < -0.4 is 0 Å². The Kier molecular flexibility index (Phi) is 2.60. The molecule has 3 rings (SSSR count). The Morgan fingerprint density at radius 1 is 0.737 bits per heavy atom. The Morgan fingerprint density at radius 3 is 2.16 bits per heavy atom. The van der Waals surface area contributed by atoms with Crippen molar-refractivity contribution in [2.24, 2.45) is 0 Å². The van der Waals surface area contributed by atoms with Crippen LogP contribution >= 0.6 is 0 Å². The van der Waals surface area contributed by atoms with Gasteiger partial charge in [-0.15, -0.1) is 0 Å². The van der Waals surface area contributed by atoms with E-state index >= 15 is 0 Å². The van der Waals surface area contributed by atoms with Crippen molar-refractivity contribution in [2.75, 3.05) is 0 Å². The summed E-state index contributed by atoms with van der Waals surface area (Å²) in [5, 5.41) is 20.6. The molecule has 0 bridgehead atoms. The molecule has 2 N–H and O–H groups in total. The summed E-state index contributed by atoms with van der Waals surface area (Å²) in [6.45, 7) is 0. The summed E-state index contributed by atoms with van der Waals surface area (Å²) in [6.07, 6.45) is 0. The van der Waals surface area contributed by atoms with Crippen molar-refractivity contribution in [1.82, 2.24) is 0 Å². The zero-order valence-corrected chi connectivity index (χ0v) is 9.97. The summed E-state index contributed by atoms with van der Waals surface area (Å²) >= 11 is 0. The van der Waals surface area contributed by atoms with Crippen LogP contribution in [0.3, 0.4) is 0 Å². The number of phenolic OH excluding ortho intramolecular Hbond substituents is 2. The molecule has 0 saturated heterocycles. The highest BCUT2D eigenvalue weighted by Gasteiger charge is 2.06. The van der Waals surface area contributed by atoms with Gasteiger partial charge in [0.05, 0.1) is 0 Å². The molecule has 0 radical (unpaired) electrons. The summed E-state index contributed by atoms with van der Waals surface area (Å²) in [4.78, 5) is 0. The second-order valence-corrected chi connectivity index (χ2v) is 4.38. The Labute approximate surface area is 109 Å². The maximum atomic E-state index is 12.9. The van der Waals surface area contributed by atoms with Gasteiger partial charge in [-0.2, -0.15) is 0 Å². The minimum absolute atomic E-state index is 0.122. The molecule has 0 heterocycles. The lowest BCUT2D eigenvalue weighted by molar-refractivity contribution is 0.408. The molecule has 0 unspecified atom stereocenters. The van der Waals surface area contributed by atoms with Crippen molar-refractivity contribution in [3.05, 3.63) is 60.4 Å². The Balaban J connectivity index is 2.17. The first-order chi connectivity index (χ1) is 9.15. The van der Waals surface area contributed by atoms with Crippen molar-refractivity contribution >= 4 is 10.8 Å². The van der Waals surface area contributed by atoms with E-state index in [2.05, 4.69) is 0 Å². The van der Waals surface area contributed by atoms with Crippen LogP contribution in [0.1, 0.15) is 0 Å². The maximum absolute atomic E-state index is 12.9. The number of phenols is 2. The van der Waals surface area contributed by atoms with Crippen LogP contribution in [0.25, 0.3) is 21.9 Å². The SMILES string of the molecule is Oc1ccc2cc(-c3ccc(F)cc3)ccc2c1O. The van der Waals surface area contributed by atoms with Crippen molar-refractivity contribution in [1.29, 1.82) is 0 Å². The highest BCUT2D eigenvalue weighted by Crippen LogP contribution is 2.35. The molecule has 94 valence electrons. The monoisotopic (exact) mass is 254 g/mol. The molecule has 0 aromatic heterocycles. The van der Waals surface area contributed by atoms with Gasteiger partial charge in [0.2, 0.25) is 0 Å². The largest absolute Gasteiger partial charge is 0.504 e. The number of hydrogen-bond donors (Lipinski definition) is 2. The normalized spacial score (nSPS) is 10.8. The van der Waals surface area contributed by atoms with Crippen LogP contribution in [0, 0.1) is 5.82 Å². The van der Waals surface area contributed by atoms with E-state index in [9.17, 15) is 14.6 Å². The molecule has 0 amide bonds. The van der Waals surface area contributed by atoms with Crippen LogP contribution in [0.4, 0.5) is 4.39 Å². The second-order valence-electron chi connectivity index (χ2n) is 4.38. The standard InChI is InChI=1S/C16H11FO2/c17-13-5-1-10(2-6-13)11-3-7-14-12(9-11)4-8-15(18)16(14)19/h1-9,18-19H. The minimum atomic E-state index is -0.271. The molecule has 3 heteroatoms. The van der Waals surface area contributed by atoms with Gasteiger partial charge in [0, 0.05) is 5.39 Å². The van der Waals surface area contributed by atoms with Crippen LogP contribution in [-0.2, 0) is 0 Å². The molecule has 0 aliphatic rings. The first-order valence-corrected chi connectivity index (χ1v) is 5.86. The molecule has 2 nitrogen and oxygen atoms in total. The fourth-order valence-electron chi connectivity index (χ4n) is 2.12. The van der Waals surface area contributed by atoms with E-state index in [0.717, 1.165) is 16.5 Å². The molecule has 0 spiro atoms. The van der Waals surface area contributed by atoms with Gasteiger partial charge in [-0.05, 0) is 46.8 Å². The smallest absolute Gasteiger partial charge is 0.165 e. The van der Waals surface area contributed by atoms with Crippen molar-refractivity contribution in [3.63, 3.8) is 0 Å². The van der Waals surface area contributed by atoms with Gasteiger partial charge in [-0.25, -0.2) is 4.39 Å². The average molecular weight is 254 g/mol. The Hall–Kier alpha value is -2.55. The van der Waals surface area contributed by atoms with Gasteiger partial charge in [0.25, 0.3) is 0 Å². The zero-order chi connectivity index (χ0) is 13.4. The summed E-state index contributed by atoms with van der Waals surface area (Å²) in [5.74, 6) is -0.530. The third-order valence-electron chi connectivity index (χ3n) is 3.15. The fourth-order valence-corrected chi connectivity index (χ4v) is 2.12. The summed E-state index contributed by atoms with van der Waals surface area (Å²) in [6, 6.07) is 14.9. The van der Waals surface area contributed by atoms with Crippen molar-refractivity contribution in [2.45, 2.75) is 0 Å². The molecular formula is C16H11FO2. The predicted octanol–water partition coefficient (Wildman–Crippen LogP) is 4.06. The topological polar surface area (TPSA) is 40.5 Å². The molecule has 0 aliphatic carbocycles. The number of benzene rings is 3. The van der Waals surface area contributed by atoms with E-state index < -0.39 is 0 Å². The van der Waals surface area contributed by atoms with Gasteiger partial charge in [0.1, 0.15) is 5.82 Å². The summed E-state index contributed by atoms with van der Waals surface area (Å²) in [5.41, 5.74) is 1.83. The van der Waals surface area contributed by atoms with Gasteiger partial charge >= 0.3 is 0 Å². The lowest BCUT2D eigenvalue weighted by Crippen LogP contribution is -1.81. The zero-order valence-electron chi connectivity index (χ0n) is 9.97. The molecule has 0 atom stereocenters. The van der Waals surface area contributed by atoms with Gasteiger partial charge in [-0.1, -0.05) is 24.3 Å². The van der Waals surface area contributed by atoms with Crippen LogP contribution in [0.15, 0.2) is 54.6 Å². The lowest BCUT2D eigenvalue weighted by Gasteiger charge is -2.06. The van der Waals surface area contributed by atoms with E-state index in [1.54, 1.807) is 24.3 Å². The molecular weight excluding hydrogens is 243 g/mol. The number of fused-ring (bicyclic) bond motifs is 1. The van der Waals surface area contributed by atoms with E-state index in [4.69, 9.17) is 0 Å². The van der Waals surface area contributed by atoms with E-state index in [0.29, 0.717) is 5.39 Å². The predicted molar refractivity (Wildman–Crippen MR) is 72.7 cm³/mol. The minimum Gasteiger partial charge on any atom is -0.504 e. The fraction of sp³-hybridized carbons (Fsp3) is 0. The molecule has 19 heavy (non-hydrogen) atoms. The number of hydrogen-bond acceptors (Lipinski definition) is 2. The second kappa shape index (κ2) is 4.28.